The van der Waals surface area contributed by atoms with Crippen LogP contribution in [-0.4, -0.2) is 32.8 Å². The summed E-state index contributed by atoms with van der Waals surface area (Å²) in [6.45, 7) is 1.94. The van der Waals surface area contributed by atoms with Crippen molar-refractivity contribution < 1.29 is 17.6 Å². The van der Waals surface area contributed by atoms with Crippen LogP contribution in [0, 0.1) is 12.7 Å². The van der Waals surface area contributed by atoms with Gasteiger partial charge in [-0.25, -0.2) is 13.2 Å². The summed E-state index contributed by atoms with van der Waals surface area (Å²) in [7, 11) is 1.82. The van der Waals surface area contributed by atoms with Crippen LogP contribution in [0.3, 0.4) is 0 Å². The largest absolute Gasteiger partial charge is 0.424 e. The van der Waals surface area contributed by atoms with Crippen LogP contribution in [0.2, 0.25) is 0 Å². The predicted octanol–water partition coefficient (Wildman–Crippen LogP) is 2.17. The highest BCUT2D eigenvalue weighted by Crippen LogP contribution is 2.29. The van der Waals surface area contributed by atoms with Crippen molar-refractivity contribution >= 4 is 24.5 Å². The number of alkyl halides is 2. The van der Waals surface area contributed by atoms with Crippen molar-refractivity contribution in [2.45, 2.75) is 19.9 Å². The molecule has 0 bridgehead atoms. The normalized spacial score (nSPS) is 11.6. The highest BCUT2D eigenvalue weighted by molar-refractivity contribution is 6.36. The van der Waals surface area contributed by atoms with Gasteiger partial charge in [0.05, 0.1) is 11.1 Å². The summed E-state index contributed by atoms with van der Waals surface area (Å²) in [5.74, 6) is -0.0950. The molecular weight excluding hydrogens is 358 g/mol. The molecule has 4 rings (SSSR count). The van der Waals surface area contributed by atoms with E-state index in [1.165, 1.54) is 6.07 Å². The quantitative estimate of drug-likeness (QED) is 0.515. The van der Waals surface area contributed by atoms with Crippen molar-refractivity contribution in [1.29, 1.82) is 0 Å². The Kier molecular flexibility index (Phi) is 4.17. The average molecular weight is 371 g/mol. The van der Waals surface area contributed by atoms with Gasteiger partial charge in [0, 0.05) is 24.3 Å². The Hall–Kier alpha value is -3.17. The van der Waals surface area contributed by atoms with Gasteiger partial charge in [0.1, 0.15) is 17.9 Å². The second kappa shape index (κ2) is 6.53. The summed E-state index contributed by atoms with van der Waals surface area (Å²) in [6.07, 6.45) is -1.34. The van der Waals surface area contributed by atoms with Crippen LogP contribution in [0.4, 0.5) is 13.2 Å². The summed E-state index contributed by atoms with van der Waals surface area (Å²) < 4.78 is 46.6. The first-order valence-corrected chi connectivity index (χ1v) is 8.12. The zero-order valence-electron chi connectivity index (χ0n) is 14.4. The van der Waals surface area contributed by atoms with Crippen molar-refractivity contribution in [3.63, 3.8) is 0 Å². The standard InChI is InChI=1S/C17H13BF3N5O/c1-8-23-24-14(27-8)7-26-13-5-10(6-22-15(13)16(18)25-26)9-2-3-12(19)11(4-9)17(20)21/h2-6,17H,7,18H2,1H3. The monoisotopic (exact) mass is 371 g/mol. The molecule has 0 saturated heterocycles. The number of rotatable bonds is 4. The zero-order valence-corrected chi connectivity index (χ0v) is 14.4. The maximum atomic E-state index is 13.6. The molecular formula is C17H13BF3N5O. The van der Waals surface area contributed by atoms with E-state index in [9.17, 15) is 13.2 Å². The van der Waals surface area contributed by atoms with E-state index in [4.69, 9.17) is 4.42 Å². The van der Waals surface area contributed by atoms with Gasteiger partial charge in [-0.3, -0.25) is 9.67 Å². The van der Waals surface area contributed by atoms with Crippen LogP contribution >= 0.6 is 0 Å². The van der Waals surface area contributed by atoms with Crippen molar-refractivity contribution in [3.8, 4) is 11.1 Å². The van der Waals surface area contributed by atoms with Crippen molar-refractivity contribution in [2.75, 3.05) is 0 Å². The fraction of sp³-hybridized carbons (Fsp3) is 0.176. The third-order valence-corrected chi connectivity index (χ3v) is 4.18. The number of halogens is 3. The molecule has 0 spiro atoms. The van der Waals surface area contributed by atoms with E-state index in [0.717, 1.165) is 12.1 Å². The van der Waals surface area contributed by atoms with E-state index in [1.807, 2.05) is 7.85 Å². The molecule has 0 aliphatic rings. The second-order valence-corrected chi connectivity index (χ2v) is 6.09. The van der Waals surface area contributed by atoms with E-state index in [0.29, 0.717) is 39.5 Å². The zero-order chi connectivity index (χ0) is 19.1. The number of aromatic nitrogens is 5. The average Bonchev–Trinajstić information content (AvgIpc) is 3.18. The Morgan fingerprint density at radius 1 is 1.19 bits per heavy atom. The van der Waals surface area contributed by atoms with Gasteiger partial charge < -0.3 is 4.42 Å². The Morgan fingerprint density at radius 2 is 2.00 bits per heavy atom. The first-order valence-electron chi connectivity index (χ1n) is 8.12. The molecule has 3 heterocycles. The lowest BCUT2D eigenvalue weighted by Gasteiger charge is -2.07. The second-order valence-electron chi connectivity index (χ2n) is 6.09. The summed E-state index contributed by atoms with van der Waals surface area (Å²) in [6, 6.07) is 5.38. The Morgan fingerprint density at radius 3 is 2.70 bits per heavy atom. The van der Waals surface area contributed by atoms with Crippen LogP contribution in [0.25, 0.3) is 22.2 Å². The lowest BCUT2D eigenvalue weighted by Crippen LogP contribution is -2.09. The Labute approximate surface area is 152 Å². The molecule has 3 aromatic heterocycles. The van der Waals surface area contributed by atoms with Crippen molar-refractivity contribution in [2.24, 2.45) is 0 Å². The topological polar surface area (TPSA) is 69.6 Å². The number of benzene rings is 1. The van der Waals surface area contributed by atoms with Gasteiger partial charge >= 0.3 is 0 Å². The van der Waals surface area contributed by atoms with Crippen LogP contribution in [0.15, 0.2) is 34.9 Å². The van der Waals surface area contributed by atoms with Gasteiger partial charge in [0.15, 0.2) is 7.85 Å². The summed E-state index contributed by atoms with van der Waals surface area (Å²) in [5, 5.41) is 12.2. The van der Waals surface area contributed by atoms with Crippen molar-refractivity contribution in [3.05, 3.63) is 53.6 Å². The fourth-order valence-corrected chi connectivity index (χ4v) is 2.91. The molecule has 0 radical (unpaired) electrons. The molecule has 0 fully saturated rings. The highest BCUT2D eigenvalue weighted by Gasteiger charge is 2.16. The number of fused-ring (bicyclic) bond motifs is 1. The molecule has 4 aromatic rings. The number of nitrogens with zero attached hydrogens (tertiary/aromatic N) is 5. The molecule has 6 nitrogen and oxygen atoms in total. The van der Waals surface area contributed by atoms with Crippen LogP contribution in [0.5, 0.6) is 0 Å². The van der Waals surface area contributed by atoms with Crippen LogP contribution in [-0.2, 0) is 6.54 Å². The molecule has 10 heteroatoms. The van der Waals surface area contributed by atoms with Crippen LogP contribution in [0.1, 0.15) is 23.8 Å². The fourth-order valence-electron chi connectivity index (χ4n) is 2.91. The van der Waals surface area contributed by atoms with Crippen LogP contribution < -0.4 is 5.59 Å². The van der Waals surface area contributed by atoms with E-state index in [1.54, 1.807) is 23.9 Å². The maximum Gasteiger partial charge on any atom is 0.266 e. The van der Waals surface area contributed by atoms with Crippen molar-refractivity contribution in [1.82, 2.24) is 25.0 Å². The van der Waals surface area contributed by atoms with E-state index in [-0.39, 0.29) is 6.54 Å². The van der Waals surface area contributed by atoms with E-state index >= 15 is 0 Å². The van der Waals surface area contributed by atoms with E-state index < -0.39 is 17.8 Å². The number of hydrogen-bond donors (Lipinski definition) is 0. The predicted molar refractivity (Wildman–Crippen MR) is 94.2 cm³/mol. The van der Waals surface area contributed by atoms with Gasteiger partial charge in [0.2, 0.25) is 11.8 Å². The SMILES string of the molecule is Bc1nn(Cc2nnc(C)o2)c2cc(-c3ccc(F)c(C(F)F)c3)cnc12. The minimum Gasteiger partial charge on any atom is -0.424 e. The highest BCUT2D eigenvalue weighted by atomic mass is 19.3. The third-order valence-electron chi connectivity index (χ3n) is 4.18. The Balaban J connectivity index is 1.79. The number of pyridine rings is 1. The molecule has 1 aromatic carbocycles. The molecule has 0 atom stereocenters. The number of hydrogen-bond acceptors (Lipinski definition) is 5. The number of aryl methyl sites for hydroxylation is 1. The van der Waals surface area contributed by atoms with Gasteiger partial charge in [0.25, 0.3) is 6.43 Å². The molecule has 0 saturated carbocycles. The molecule has 0 aliphatic carbocycles. The van der Waals surface area contributed by atoms with Gasteiger partial charge in [-0.05, 0) is 23.8 Å². The summed E-state index contributed by atoms with van der Waals surface area (Å²) >= 11 is 0. The van der Waals surface area contributed by atoms with E-state index in [2.05, 4.69) is 20.3 Å². The third kappa shape index (κ3) is 3.18. The summed E-state index contributed by atoms with van der Waals surface area (Å²) in [5.41, 5.74) is 2.45. The first kappa shape index (κ1) is 17.3. The Bertz CT molecular complexity index is 1140. The summed E-state index contributed by atoms with van der Waals surface area (Å²) in [4.78, 5) is 4.39. The molecule has 0 unspecified atom stereocenters. The first-order chi connectivity index (χ1) is 12.9. The smallest absolute Gasteiger partial charge is 0.266 e. The van der Waals surface area contributed by atoms with Gasteiger partial charge in [-0.2, -0.15) is 5.10 Å². The molecule has 0 amide bonds. The van der Waals surface area contributed by atoms with Gasteiger partial charge in [-0.15, -0.1) is 10.2 Å². The molecule has 0 aliphatic heterocycles. The lowest BCUT2D eigenvalue weighted by atomic mass is 10.0. The minimum absolute atomic E-state index is 0.252. The molecule has 136 valence electrons. The lowest BCUT2D eigenvalue weighted by molar-refractivity contribution is 0.146. The minimum atomic E-state index is -2.89. The van der Waals surface area contributed by atoms with Gasteiger partial charge in [-0.1, -0.05) is 6.07 Å². The molecule has 27 heavy (non-hydrogen) atoms. The maximum absolute atomic E-state index is 13.6. The molecule has 0 N–H and O–H groups in total.